The fraction of sp³-hybridized carbons (Fsp3) is 0.417. The summed E-state index contributed by atoms with van der Waals surface area (Å²) in [6, 6.07) is 5.47. The van der Waals surface area contributed by atoms with E-state index in [1.54, 1.807) is 0 Å². The molecule has 3 aromatic carbocycles. The third kappa shape index (κ3) is 5.95. The van der Waals surface area contributed by atoms with Crippen molar-refractivity contribution in [1.29, 1.82) is 0 Å². The summed E-state index contributed by atoms with van der Waals surface area (Å²) < 4.78 is 55.9. The molecule has 15 nitrogen and oxygen atoms in total. The van der Waals surface area contributed by atoms with E-state index in [2.05, 4.69) is 0 Å². The molecular formula is C36H40O15. The molecule has 0 heterocycles. The molecule has 0 saturated heterocycles. The predicted molar refractivity (Wildman–Crippen MR) is 179 cm³/mol. The van der Waals surface area contributed by atoms with E-state index in [9.17, 15) is 24.6 Å². The number of fused-ring (bicyclic) bond motifs is 5. The van der Waals surface area contributed by atoms with Gasteiger partial charge in [0.1, 0.15) is 12.2 Å². The Morgan fingerprint density at radius 1 is 0.549 bits per heavy atom. The first-order chi connectivity index (χ1) is 24.5. The van der Waals surface area contributed by atoms with Crippen molar-refractivity contribution in [3.05, 3.63) is 41.0 Å². The average molecular weight is 713 g/mol. The summed E-state index contributed by atoms with van der Waals surface area (Å²) in [6.07, 6.45) is -5.32. The van der Waals surface area contributed by atoms with Gasteiger partial charge in [-0.1, -0.05) is 0 Å². The Morgan fingerprint density at radius 2 is 0.961 bits per heavy atom. The molecule has 0 radical (unpaired) electrons. The molecule has 0 aromatic heterocycles. The third-order valence-corrected chi connectivity index (χ3v) is 9.25. The van der Waals surface area contributed by atoms with Crippen LogP contribution in [-0.4, -0.2) is 110 Å². The van der Waals surface area contributed by atoms with Crippen LogP contribution >= 0.6 is 0 Å². The van der Waals surface area contributed by atoms with Gasteiger partial charge < -0.3 is 57.6 Å². The predicted octanol–water partition coefficient (Wildman–Crippen LogP) is 3.39. The number of rotatable bonds is 11. The maximum Gasteiger partial charge on any atom is 0.338 e. The van der Waals surface area contributed by atoms with Crippen molar-refractivity contribution in [3.8, 4) is 62.9 Å². The number of methoxy groups -OCH3 is 9. The molecule has 2 aliphatic rings. The summed E-state index contributed by atoms with van der Waals surface area (Å²) in [6.45, 7) is 0. The van der Waals surface area contributed by atoms with E-state index in [0.29, 0.717) is 0 Å². The van der Waals surface area contributed by atoms with Gasteiger partial charge in [0.2, 0.25) is 17.2 Å². The maximum absolute atomic E-state index is 14.8. The summed E-state index contributed by atoms with van der Waals surface area (Å²) in [7, 11) is 12.3. The molecule has 0 spiro atoms. The van der Waals surface area contributed by atoms with Crippen LogP contribution in [0.15, 0.2) is 24.3 Å². The third-order valence-electron chi connectivity index (χ3n) is 9.25. The Hall–Kier alpha value is -5.41. The van der Waals surface area contributed by atoms with E-state index in [0.717, 1.165) is 0 Å². The first-order valence-electron chi connectivity index (χ1n) is 15.6. The topological polar surface area (TPSA) is 184 Å². The van der Waals surface area contributed by atoms with Crippen LogP contribution in [-0.2, 0) is 4.74 Å². The minimum absolute atomic E-state index is 0.00873. The molecule has 2 aliphatic carbocycles. The maximum atomic E-state index is 14.8. The summed E-state index contributed by atoms with van der Waals surface area (Å²) in [5.41, 5.74) is -0.0817. The molecule has 0 aliphatic heterocycles. The zero-order valence-electron chi connectivity index (χ0n) is 29.6. The second kappa shape index (κ2) is 14.8. The number of esters is 1. The molecule has 51 heavy (non-hydrogen) atoms. The zero-order valence-corrected chi connectivity index (χ0v) is 29.6. The molecule has 5 rings (SSSR count). The smallest absolute Gasteiger partial charge is 0.338 e. The monoisotopic (exact) mass is 712 g/mol. The number of aliphatic hydroxyl groups is 2. The number of aliphatic hydroxyl groups excluding tert-OH is 2. The van der Waals surface area contributed by atoms with E-state index < -0.39 is 47.7 Å². The fourth-order valence-corrected chi connectivity index (χ4v) is 6.88. The Bertz CT molecular complexity index is 1830. The number of hydrogen-bond donors (Lipinski definition) is 2. The lowest BCUT2D eigenvalue weighted by molar-refractivity contribution is -0.105. The lowest BCUT2D eigenvalue weighted by Gasteiger charge is -2.40. The first-order valence-corrected chi connectivity index (χ1v) is 15.6. The standard InChI is InChI=1S/C36H40O15/c1-42-20-10-15(11-21(43-2)31(20)46-5)36(41)51-19-14-18-27(37)16-12-22(44-3)32(47-6)34(49-8)24(16)25-17(28(38)26(29(18)39)30(19)40)13-23(45-4)33(48-7)35(25)50-9/h10-13,18-19,26,29-30,39-40H,14H2,1-9H3. The molecule has 3 aromatic rings. The highest BCUT2D eigenvalue weighted by Gasteiger charge is 2.53. The van der Waals surface area contributed by atoms with E-state index in [1.807, 2.05) is 0 Å². The molecule has 1 saturated carbocycles. The van der Waals surface area contributed by atoms with Gasteiger partial charge in [-0.05, 0) is 30.7 Å². The van der Waals surface area contributed by atoms with Crippen molar-refractivity contribution >= 4 is 17.5 Å². The van der Waals surface area contributed by atoms with Gasteiger partial charge in [0.05, 0.1) is 87.5 Å². The summed E-state index contributed by atoms with van der Waals surface area (Å²) in [4.78, 5) is 43.2. The molecule has 1 fully saturated rings. The minimum Gasteiger partial charge on any atom is -0.493 e. The van der Waals surface area contributed by atoms with Gasteiger partial charge in [-0.15, -0.1) is 0 Å². The Labute approximate surface area is 293 Å². The first kappa shape index (κ1) is 36.9. The number of carbonyl (C=O) groups is 3. The van der Waals surface area contributed by atoms with Gasteiger partial charge in [0, 0.05) is 22.3 Å². The molecular weight excluding hydrogens is 672 g/mol. The van der Waals surface area contributed by atoms with Crippen LogP contribution in [0.5, 0.6) is 51.7 Å². The van der Waals surface area contributed by atoms with Crippen LogP contribution in [0.1, 0.15) is 37.5 Å². The SMILES string of the molecule is COc1cc(C(=O)OC2CC3C(=O)c4cc(OC)c(OC)c(OC)c4-c4c(cc(OC)c(OC)c4OC)C(=O)C(C2O)C3O)cc(OC)c1OC. The number of carbonyl (C=O) groups excluding carboxylic acids is 3. The molecule has 15 heteroatoms. The van der Waals surface area contributed by atoms with Crippen LogP contribution in [0.25, 0.3) is 11.1 Å². The van der Waals surface area contributed by atoms with Crippen LogP contribution in [0, 0.1) is 11.8 Å². The van der Waals surface area contributed by atoms with Gasteiger partial charge in [0.25, 0.3) is 0 Å². The number of Topliss-reactive ketones (excluding diaryl/α,β-unsaturated/α-hetero) is 2. The largest absolute Gasteiger partial charge is 0.493 e. The van der Waals surface area contributed by atoms with Crippen molar-refractivity contribution in [2.75, 3.05) is 64.0 Å². The number of hydrogen-bond acceptors (Lipinski definition) is 15. The lowest BCUT2D eigenvalue weighted by Crippen LogP contribution is -2.55. The molecule has 2 bridgehead atoms. The number of ketones is 2. The Morgan fingerprint density at radius 3 is 1.37 bits per heavy atom. The second-order valence-corrected chi connectivity index (χ2v) is 11.6. The van der Waals surface area contributed by atoms with E-state index in [4.69, 9.17) is 47.4 Å². The molecule has 2 N–H and O–H groups in total. The van der Waals surface area contributed by atoms with Gasteiger partial charge in [-0.3, -0.25) is 9.59 Å². The van der Waals surface area contributed by atoms with Crippen molar-refractivity contribution in [2.45, 2.75) is 24.7 Å². The zero-order chi connectivity index (χ0) is 37.3. The highest BCUT2D eigenvalue weighted by atomic mass is 16.6. The summed E-state index contributed by atoms with van der Waals surface area (Å²) >= 11 is 0. The van der Waals surface area contributed by atoms with Crippen molar-refractivity contribution in [2.24, 2.45) is 11.8 Å². The van der Waals surface area contributed by atoms with Crippen molar-refractivity contribution < 1.29 is 72.0 Å². The minimum atomic E-state index is -1.78. The van der Waals surface area contributed by atoms with Gasteiger partial charge >= 0.3 is 5.97 Å². The van der Waals surface area contributed by atoms with Gasteiger partial charge in [-0.2, -0.15) is 0 Å². The van der Waals surface area contributed by atoms with Gasteiger partial charge in [-0.25, -0.2) is 4.79 Å². The van der Waals surface area contributed by atoms with E-state index in [-0.39, 0.29) is 86.0 Å². The van der Waals surface area contributed by atoms with Crippen LogP contribution in [0.4, 0.5) is 0 Å². The molecule has 0 amide bonds. The molecule has 5 atom stereocenters. The summed E-state index contributed by atoms with van der Waals surface area (Å²) in [5.74, 6) is -4.50. The van der Waals surface area contributed by atoms with Crippen LogP contribution in [0.3, 0.4) is 0 Å². The fourth-order valence-electron chi connectivity index (χ4n) is 6.88. The number of benzene rings is 3. The van der Waals surface area contributed by atoms with E-state index in [1.165, 1.54) is 88.3 Å². The summed E-state index contributed by atoms with van der Waals surface area (Å²) in [5, 5.41) is 23.6. The Kier molecular flexibility index (Phi) is 10.7. The highest BCUT2D eigenvalue weighted by Crippen LogP contribution is 2.56. The Balaban J connectivity index is 1.77. The van der Waals surface area contributed by atoms with Crippen molar-refractivity contribution in [3.63, 3.8) is 0 Å². The average Bonchev–Trinajstić information content (AvgIpc) is 3.16. The molecule has 274 valence electrons. The normalized spacial score (nSPS) is 20.7. The second-order valence-electron chi connectivity index (χ2n) is 11.6. The van der Waals surface area contributed by atoms with E-state index >= 15 is 0 Å². The number of ether oxygens (including phenoxy) is 10. The van der Waals surface area contributed by atoms with Gasteiger partial charge in [0.15, 0.2) is 46.1 Å². The van der Waals surface area contributed by atoms with Crippen LogP contribution in [0.2, 0.25) is 0 Å². The van der Waals surface area contributed by atoms with Crippen LogP contribution < -0.4 is 42.6 Å². The van der Waals surface area contributed by atoms with Crippen molar-refractivity contribution in [1.82, 2.24) is 0 Å². The lowest BCUT2D eigenvalue weighted by atomic mass is 9.70. The molecule has 5 unspecified atom stereocenters. The highest BCUT2D eigenvalue weighted by molar-refractivity contribution is 6.15. The quantitative estimate of drug-likeness (QED) is 0.276.